The third kappa shape index (κ3) is 3.91. The van der Waals surface area contributed by atoms with Gasteiger partial charge in [0.2, 0.25) is 0 Å². The number of rotatable bonds is 5. The number of hydrogen-bond donors (Lipinski definition) is 2. The Morgan fingerprint density at radius 2 is 2.25 bits per heavy atom. The van der Waals surface area contributed by atoms with Gasteiger partial charge in [-0.25, -0.2) is 4.79 Å². The zero-order valence-corrected chi connectivity index (χ0v) is 7.87. The van der Waals surface area contributed by atoms with E-state index in [-0.39, 0.29) is 17.9 Å². The Balaban J connectivity index is 2.38. The number of furan rings is 1. The van der Waals surface area contributed by atoms with E-state index in [4.69, 9.17) is 9.52 Å². The van der Waals surface area contributed by atoms with Crippen molar-refractivity contribution in [1.82, 2.24) is 5.48 Å². The highest BCUT2D eigenvalue weighted by Gasteiger charge is 2.27. The number of aromatic carboxylic acids is 1. The normalized spacial score (nSPS) is 11.7. The number of carbonyl (C=O) groups is 1. The van der Waals surface area contributed by atoms with E-state index < -0.39 is 18.8 Å². The fourth-order valence-electron chi connectivity index (χ4n) is 0.918. The number of hydroxylamine groups is 1. The van der Waals surface area contributed by atoms with Crippen LogP contribution in [0.2, 0.25) is 0 Å². The van der Waals surface area contributed by atoms with Gasteiger partial charge in [-0.3, -0.25) is 4.84 Å². The fourth-order valence-corrected chi connectivity index (χ4v) is 0.918. The van der Waals surface area contributed by atoms with Crippen molar-refractivity contribution in [2.45, 2.75) is 12.7 Å². The quantitative estimate of drug-likeness (QED) is 0.602. The molecular formula is C8H8F3NO4. The van der Waals surface area contributed by atoms with Crippen LogP contribution in [0.5, 0.6) is 0 Å². The van der Waals surface area contributed by atoms with E-state index in [1.165, 1.54) is 6.07 Å². The van der Waals surface area contributed by atoms with Crippen molar-refractivity contribution >= 4 is 5.97 Å². The lowest BCUT2D eigenvalue weighted by Gasteiger charge is -2.07. The molecule has 2 N–H and O–H groups in total. The Labute approximate surface area is 87.8 Å². The summed E-state index contributed by atoms with van der Waals surface area (Å²) in [6.45, 7) is -1.72. The molecule has 1 aromatic rings. The Kier molecular flexibility index (Phi) is 3.91. The number of halogens is 3. The molecular weight excluding hydrogens is 231 g/mol. The molecule has 90 valence electrons. The van der Waals surface area contributed by atoms with Gasteiger partial charge in [-0.15, -0.1) is 0 Å². The van der Waals surface area contributed by atoms with Crippen molar-refractivity contribution in [3.05, 3.63) is 23.7 Å². The fraction of sp³-hybridized carbons (Fsp3) is 0.375. The van der Waals surface area contributed by atoms with Crippen LogP contribution in [0.1, 0.15) is 16.1 Å². The highest BCUT2D eigenvalue weighted by Crippen LogP contribution is 2.14. The summed E-state index contributed by atoms with van der Waals surface area (Å²) < 4.78 is 39.7. The molecule has 0 fully saturated rings. The molecule has 0 saturated heterocycles. The Morgan fingerprint density at radius 1 is 1.56 bits per heavy atom. The highest BCUT2D eigenvalue weighted by molar-refractivity contribution is 5.88. The Morgan fingerprint density at radius 3 is 2.81 bits per heavy atom. The number of carboxylic acid groups (broad SMARTS) is 1. The van der Waals surface area contributed by atoms with E-state index in [9.17, 15) is 18.0 Å². The predicted octanol–water partition coefficient (Wildman–Crippen LogP) is 1.56. The van der Waals surface area contributed by atoms with E-state index in [1.54, 1.807) is 0 Å². The molecule has 0 saturated carbocycles. The molecule has 0 unspecified atom stereocenters. The summed E-state index contributed by atoms with van der Waals surface area (Å²) in [5.74, 6) is -1.23. The standard InChI is InChI=1S/C8H8F3NO4/c9-8(10,11)4-16-12-3-6-5(7(13)14)1-2-15-6/h1-2,12H,3-4H2,(H,13,14). The van der Waals surface area contributed by atoms with Gasteiger partial charge >= 0.3 is 12.1 Å². The van der Waals surface area contributed by atoms with Crippen LogP contribution >= 0.6 is 0 Å². The van der Waals surface area contributed by atoms with Crippen molar-refractivity contribution in [3.63, 3.8) is 0 Å². The van der Waals surface area contributed by atoms with Crippen LogP contribution < -0.4 is 5.48 Å². The van der Waals surface area contributed by atoms with Crippen molar-refractivity contribution in [2.75, 3.05) is 6.61 Å². The van der Waals surface area contributed by atoms with Gasteiger partial charge in [-0.05, 0) is 6.07 Å². The molecule has 0 aliphatic rings. The molecule has 0 spiro atoms. The molecule has 0 radical (unpaired) electrons. The van der Waals surface area contributed by atoms with Crippen molar-refractivity contribution in [2.24, 2.45) is 0 Å². The summed E-state index contributed by atoms with van der Waals surface area (Å²) in [6, 6.07) is 1.20. The molecule has 8 heteroatoms. The number of hydrogen-bond acceptors (Lipinski definition) is 4. The van der Waals surface area contributed by atoms with Gasteiger partial charge in [0.15, 0.2) is 6.61 Å². The molecule has 0 aliphatic carbocycles. The monoisotopic (exact) mass is 239 g/mol. The highest BCUT2D eigenvalue weighted by atomic mass is 19.4. The largest absolute Gasteiger partial charge is 0.478 e. The topological polar surface area (TPSA) is 71.7 Å². The smallest absolute Gasteiger partial charge is 0.413 e. The first kappa shape index (κ1) is 12.5. The second-order valence-electron chi connectivity index (χ2n) is 2.79. The van der Waals surface area contributed by atoms with Gasteiger partial charge < -0.3 is 9.52 Å². The minimum atomic E-state index is -4.44. The molecule has 1 aromatic heterocycles. The summed E-state index contributed by atoms with van der Waals surface area (Å²) in [5, 5.41) is 8.63. The Bertz CT molecular complexity index is 360. The van der Waals surface area contributed by atoms with E-state index in [0.29, 0.717) is 0 Å². The molecule has 16 heavy (non-hydrogen) atoms. The number of nitrogens with one attached hydrogen (secondary N) is 1. The summed E-state index contributed by atoms with van der Waals surface area (Å²) in [7, 11) is 0. The minimum absolute atomic E-state index is 0.00493. The molecule has 0 bridgehead atoms. The van der Waals surface area contributed by atoms with Crippen LogP contribution in [0, 0.1) is 0 Å². The van der Waals surface area contributed by atoms with Crippen molar-refractivity contribution < 1.29 is 32.3 Å². The number of alkyl halides is 3. The maximum absolute atomic E-state index is 11.6. The zero-order chi connectivity index (χ0) is 12.2. The second kappa shape index (κ2) is 4.99. The van der Waals surface area contributed by atoms with Gasteiger partial charge in [0.1, 0.15) is 11.3 Å². The molecule has 5 nitrogen and oxygen atoms in total. The lowest BCUT2D eigenvalue weighted by Crippen LogP contribution is -2.24. The average Bonchev–Trinajstić information content (AvgIpc) is 2.58. The summed E-state index contributed by atoms with van der Waals surface area (Å²) in [5.41, 5.74) is 1.84. The van der Waals surface area contributed by atoms with E-state index in [1.807, 2.05) is 5.48 Å². The zero-order valence-electron chi connectivity index (χ0n) is 7.87. The summed E-state index contributed by atoms with van der Waals surface area (Å²) in [4.78, 5) is 14.6. The average molecular weight is 239 g/mol. The van der Waals surface area contributed by atoms with Crippen LogP contribution in [0.15, 0.2) is 16.7 Å². The minimum Gasteiger partial charge on any atom is -0.478 e. The van der Waals surface area contributed by atoms with Crippen LogP contribution in [-0.2, 0) is 11.4 Å². The van der Waals surface area contributed by atoms with Gasteiger partial charge in [0, 0.05) is 0 Å². The van der Waals surface area contributed by atoms with E-state index >= 15 is 0 Å². The molecule has 0 aromatic carbocycles. The molecule has 0 atom stereocenters. The molecule has 0 amide bonds. The van der Waals surface area contributed by atoms with E-state index in [0.717, 1.165) is 6.26 Å². The van der Waals surface area contributed by atoms with E-state index in [2.05, 4.69) is 4.84 Å². The van der Waals surface area contributed by atoms with Gasteiger partial charge in [-0.1, -0.05) is 0 Å². The summed E-state index contributed by atoms with van der Waals surface area (Å²) in [6.07, 6.45) is -3.31. The lowest BCUT2D eigenvalue weighted by atomic mass is 10.2. The maximum atomic E-state index is 11.6. The van der Waals surface area contributed by atoms with Crippen molar-refractivity contribution in [1.29, 1.82) is 0 Å². The predicted molar refractivity (Wildman–Crippen MR) is 44.5 cm³/mol. The van der Waals surface area contributed by atoms with Gasteiger partial charge in [0.25, 0.3) is 0 Å². The van der Waals surface area contributed by atoms with Crippen LogP contribution in [0.4, 0.5) is 13.2 Å². The van der Waals surface area contributed by atoms with Crippen LogP contribution in [-0.4, -0.2) is 23.9 Å². The van der Waals surface area contributed by atoms with Crippen molar-refractivity contribution in [3.8, 4) is 0 Å². The molecule has 0 aliphatic heterocycles. The first-order valence-electron chi connectivity index (χ1n) is 4.11. The third-order valence-electron chi connectivity index (χ3n) is 1.55. The van der Waals surface area contributed by atoms with Crippen LogP contribution in [0.3, 0.4) is 0 Å². The van der Waals surface area contributed by atoms with Gasteiger partial charge in [-0.2, -0.15) is 18.7 Å². The Hall–Kier alpha value is -1.54. The number of carboxylic acids is 1. The first-order chi connectivity index (χ1) is 7.40. The third-order valence-corrected chi connectivity index (χ3v) is 1.55. The maximum Gasteiger partial charge on any atom is 0.413 e. The van der Waals surface area contributed by atoms with Gasteiger partial charge in [0.05, 0.1) is 12.8 Å². The second-order valence-corrected chi connectivity index (χ2v) is 2.79. The van der Waals surface area contributed by atoms with Crippen LogP contribution in [0.25, 0.3) is 0 Å². The lowest BCUT2D eigenvalue weighted by molar-refractivity contribution is -0.190. The SMILES string of the molecule is O=C(O)c1ccoc1CNOCC(F)(F)F. The molecule has 1 heterocycles. The summed E-state index contributed by atoms with van der Waals surface area (Å²) >= 11 is 0. The first-order valence-corrected chi connectivity index (χ1v) is 4.11. The molecule has 1 rings (SSSR count).